The fourth-order valence-corrected chi connectivity index (χ4v) is 4.13. The maximum absolute atomic E-state index is 12.6. The van der Waals surface area contributed by atoms with Crippen LogP contribution < -0.4 is 0 Å². The molecular formula is C18H26N2O2. The predicted molar refractivity (Wildman–Crippen MR) is 86.6 cm³/mol. The number of aliphatic hydroxyl groups excluding tert-OH is 1. The topological polar surface area (TPSA) is 43.8 Å². The van der Waals surface area contributed by atoms with Crippen molar-refractivity contribution in [1.82, 2.24) is 9.80 Å². The first-order valence-electron chi connectivity index (χ1n) is 8.27. The molecule has 3 rings (SSSR count). The molecule has 0 saturated carbocycles. The largest absolute Gasteiger partial charge is 0.395 e. The number of likely N-dealkylation sites (tertiary alicyclic amines) is 2. The summed E-state index contributed by atoms with van der Waals surface area (Å²) >= 11 is 0. The lowest BCUT2D eigenvalue weighted by molar-refractivity contribution is -0.139. The number of hydrogen-bond acceptors (Lipinski definition) is 3. The Balaban J connectivity index is 1.76. The molecule has 0 unspecified atom stereocenters. The Morgan fingerprint density at radius 3 is 2.55 bits per heavy atom. The fourth-order valence-electron chi connectivity index (χ4n) is 4.13. The summed E-state index contributed by atoms with van der Waals surface area (Å²) in [5.41, 5.74) is 1.39. The Labute approximate surface area is 132 Å². The van der Waals surface area contributed by atoms with Crippen molar-refractivity contribution < 1.29 is 9.90 Å². The molecule has 1 atom stereocenters. The minimum atomic E-state index is 0.00402. The van der Waals surface area contributed by atoms with Crippen molar-refractivity contribution in [2.24, 2.45) is 5.41 Å². The smallest absolute Gasteiger partial charge is 0.229 e. The van der Waals surface area contributed by atoms with Gasteiger partial charge in [-0.1, -0.05) is 30.3 Å². The van der Waals surface area contributed by atoms with Crippen LogP contribution in [0.2, 0.25) is 0 Å². The van der Waals surface area contributed by atoms with Gasteiger partial charge < -0.3 is 14.9 Å². The van der Waals surface area contributed by atoms with Crippen molar-refractivity contribution in [2.45, 2.75) is 25.2 Å². The molecule has 0 aromatic heterocycles. The van der Waals surface area contributed by atoms with Crippen molar-refractivity contribution in [2.75, 3.05) is 39.8 Å². The van der Waals surface area contributed by atoms with Crippen LogP contribution in [0, 0.1) is 5.41 Å². The van der Waals surface area contributed by atoms with Crippen LogP contribution in [0.25, 0.3) is 0 Å². The van der Waals surface area contributed by atoms with Gasteiger partial charge in [-0.3, -0.25) is 4.79 Å². The number of nitrogens with zero attached hydrogens (tertiary/aromatic N) is 2. The monoisotopic (exact) mass is 302 g/mol. The Bertz CT molecular complexity index is 509. The predicted octanol–water partition coefficient (Wildman–Crippen LogP) is 1.71. The average Bonchev–Trinajstić information content (AvgIpc) is 2.54. The van der Waals surface area contributed by atoms with Gasteiger partial charge in [0.2, 0.25) is 5.91 Å². The molecule has 22 heavy (non-hydrogen) atoms. The van der Waals surface area contributed by atoms with E-state index in [1.54, 1.807) is 0 Å². The van der Waals surface area contributed by atoms with Gasteiger partial charge in [0.05, 0.1) is 12.5 Å². The number of likely N-dealkylation sites (N-methyl/N-ethyl adjacent to an activating group) is 1. The zero-order valence-electron chi connectivity index (χ0n) is 13.4. The van der Waals surface area contributed by atoms with Crippen molar-refractivity contribution in [1.29, 1.82) is 0 Å². The number of amides is 1. The van der Waals surface area contributed by atoms with Gasteiger partial charge in [-0.25, -0.2) is 0 Å². The number of carbonyl (C=O) groups is 1. The molecule has 120 valence electrons. The van der Waals surface area contributed by atoms with Gasteiger partial charge in [0.25, 0.3) is 0 Å². The van der Waals surface area contributed by atoms with Crippen molar-refractivity contribution in [3.05, 3.63) is 35.9 Å². The van der Waals surface area contributed by atoms with Crippen LogP contribution >= 0.6 is 0 Å². The number of rotatable bonds is 3. The van der Waals surface area contributed by atoms with E-state index in [-0.39, 0.29) is 23.8 Å². The highest BCUT2D eigenvalue weighted by Crippen LogP contribution is 2.45. The molecule has 2 aliphatic heterocycles. The fraction of sp³-hybridized carbons (Fsp3) is 0.611. The molecule has 1 amide bonds. The molecule has 4 nitrogen and oxygen atoms in total. The molecule has 1 aromatic carbocycles. The molecule has 2 fully saturated rings. The molecule has 1 N–H and O–H groups in total. The SMILES string of the molecule is CN1CC2(CCN(CCO)CC2)C[C@@H](c2ccccc2)C1=O. The number of carbonyl (C=O) groups excluding carboxylic acids is 1. The zero-order chi connectivity index (χ0) is 15.6. The van der Waals surface area contributed by atoms with Gasteiger partial charge in [-0.15, -0.1) is 0 Å². The first-order valence-corrected chi connectivity index (χ1v) is 8.27. The summed E-state index contributed by atoms with van der Waals surface area (Å²) in [5, 5.41) is 9.09. The molecule has 2 aliphatic rings. The summed E-state index contributed by atoms with van der Waals surface area (Å²) in [5.74, 6) is 0.263. The van der Waals surface area contributed by atoms with Crippen LogP contribution in [0.15, 0.2) is 30.3 Å². The van der Waals surface area contributed by atoms with E-state index in [1.165, 1.54) is 0 Å². The highest BCUT2D eigenvalue weighted by molar-refractivity contribution is 5.84. The summed E-state index contributed by atoms with van der Waals surface area (Å²) < 4.78 is 0. The standard InChI is InChI=1S/C18H26N2O2/c1-19-14-18(7-9-20(10-8-18)11-12-21)13-16(17(19)22)15-5-3-2-4-6-15/h2-6,16,21H,7-14H2,1H3/t16-/m0/s1. The maximum atomic E-state index is 12.6. The highest BCUT2D eigenvalue weighted by atomic mass is 16.3. The van der Waals surface area contributed by atoms with E-state index in [0.717, 1.165) is 51.0 Å². The Morgan fingerprint density at radius 1 is 1.23 bits per heavy atom. The second-order valence-corrected chi connectivity index (χ2v) is 6.93. The third-order valence-electron chi connectivity index (χ3n) is 5.42. The third-order valence-corrected chi connectivity index (χ3v) is 5.42. The zero-order valence-corrected chi connectivity index (χ0v) is 13.4. The van der Waals surface area contributed by atoms with Gasteiger partial charge in [0.1, 0.15) is 0 Å². The molecule has 2 heterocycles. The first-order chi connectivity index (χ1) is 10.6. The summed E-state index contributed by atoms with van der Waals surface area (Å²) in [7, 11) is 1.94. The normalized spacial score (nSPS) is 25.6. The lowest BCUT2D eigenvalue weighted by Crippen LogP contribution is -2.53. The Morgan fingerprint density at radius 2 is 1.91 bits per heavy atom. The average molecular weight is 302 g/mol. The van der Waals surface area contributed by atoms with E-state index in [2.05, 4.69) is 17.0 Å². The minimum Gasteiger partial charge on any atom is -0.395 e. The van der Waals surface area contributed by atoms with E-state index in [1.807, 2.05) is 30.1 Å². The van der Waals surface area contributed by atoms with Gasteiger partial charge in [-0.05, 0) is 43.3 Å². The molecule has 0 bridgehead atoms. The van der Waals surface area contributed by atoms with Crippen LogP contribution in [0.3, 0.4) is 0 Å². The summed E-state index contributed by atoms with van der Waals surface area (Å²) in [6.45, 7) is 3.95. The summed E-state index contributed by atoms with van der Waals surface area (Å²) in [4.78, 5) is 16.9. The molecule has 1 aromatic rings. The first kappa shape index (κ1) is 15.5. The van der Waals surface area contributed by atoms with E-state index in [0.29, 0.717) is 0 Å². The Hall–Kier alpha value is -1.39. The van der Waals surface area contributed by atoms with Crippen LogP contribution in [0.5, 0.6) is 0 Å². The maximum Gasteiger partial charge on any atom is 0.229 e. The lowest BCUT2D eigenvalue weighted by Gasteiger charge is -2.49. The molecule has 2 saturated heterocycles. The highest BCUT2D eigenvalue weighted by Gasteiger charge is 2.44. The second kappa shape index (κ2) is 6.39. The number of piperidine rings is 2. The van der Waals surface area contributed by atoms with Crippen LogP contribution in [0.1, 0.15) is 30.7 Å². The third kappa shape index (κ3) is 3.03. The van der Waals surface area contributed by atoms with Gasteiger partial charge >= 0.3 is 0 Å². The van der Waals surface area contributed by atoms with E-state index in [9.17, 15) is 4.79 Å². The van der Waals surface area contributed by atoms with E-state index < -0.39 is 0 Å². The van der Waals surface area contributed by atoms with Gasteiger partial charge in [-0.2, -0.15) is 0 Å². The minimum absolute atomic E-state index is 0.00402. The van der Waals surface area contributed by atoms with Crippen LogP contribution in [0.4, 0.5) is 0 Å². The number of aliphatic hydroxyl groups is 1. The van der Waals surface area contributed by atoms with Crippen molar-refractivity contribution >= 4 is 5.91 Å². The molecule has 4 heteroatoms. The van der Waals surface area contributed by atoms with E-state index in [4.69, 9.17) is 5.11 Å². The molecule has 1 spiro atoms. The quantitative estimate of drug-likeness (QED) is 0.924. The van der Waals surface area contributed by atoms with Crippen molar-refractivity contribution in [3.63, 3.8) is 0 Å². The second-order valence-electron chi connectivity index (χ2n) is 6.93. The lowest BCUT2D eigenvalue weighted by atomic mass is 9.68. The number of hydrogen-bond donors (Lipinski definition) is 1. The van der Waals surface area contributed by atoms with E-state index >= 15 is 0 Å². The van der Waals surface area contributed by atoms with Crippen LogP contribution in [-0.4, -0.2) is 60.6 Å². The number of β-amino-alcohol motifs (C(OH)–C–C–N with tert-alkyl or cyclic N) is 1. The van der Waals surface area contributed by atoms with Crippen molar-refractivity contribution in [3.8, 4) is 0 Å². The summed E-state index contributed by atoms with van der Waals surface area (Å²) in [6.07, 6.45) is 3.20. The molecule has 0 radical (unpaired) electrons. The Kier molecular flexibility index (Phi) is 4.50. The summed E-state index contributed by atoms with van der Waals surface area (Å²) in [6, 6.07) is 10.2. The number of benzene rings is 1. The van der Waals surface area contributed by atoms with Gasteiger partial charge in [0.15, 0.2) is 0 Å². The van der Waals surface area contributed by atoms with Gasteiger partial charge in [0, 0.05) is 20.1 Å². The van der Waals surface area contributed by atoms with Crippen LogP contribution in [-0.2, 0) is 4.79 Å². The molecular weight excluding hydrogens is 276 g/mol. The molecule has 0 aliphatic carbocycles.